The number of nitrogens with one attached hydrogen (secondary N) is 1. The van der Waals surface area contributed by atoms with Gasteiger partial charge in [0.2, 0.25) is 0 Å². The predicted octanol–water partition coefficient (Wildman–Crippen LogP) is 1.42. The summed E-state index contributed by atoms with van der Waals surface area (Å²) in [6.45, 7) is 1.97. The summed E-state index contributed by atoms with van der Waals surface area (Å²) in [5.41, 5.74) is 2.12. The fourth-order valence-corrected chi connectivity index (χ4v) is 0.711. The Morgan fingerprint density at radius 3 is 3.10 bits per heavy atom. The summed E-state index contributed by atoms with van der Waals surface area (Å²) in [6, 6.07) is 0. The summed E-state index contributed by atoms with van der Waals surface area (Å²) in [5.74, 6) is 0. The highest BCUT2D eigenvalue weighted by molar-refractivity contribution is 5.60. The number of rotatable bonds is 2. The van der Waals surface area contributed by atoms with Gasteiger partial charge in [0.1, 0.15) is 0 Å². The second-order valence-corrected chi connectivity index (χ2v) is 2.02. The largest absolute Gasteiger partial charge is 0.504 e. The van der Waals surface area contributed by atoms with Crippen LogP contribution in [0, 0.1) is 0 Å². The van der Waals surface area contributed by atoms with Crippen molar-refractivity contribution in [1.82, 2.24) is 10.2 Å². The number of aromatic amines is 1. The summed E-state index contributed by atoms with van der Waals surface area (Å²) in [5, 5.41) is 6.53. The zero-order valence-electron chi connectivity index (χ0n) is 6.09. The molecule has 1 aromatic heterocycles. The number of methoxy groups -OCH3 is 1. The molecule has 0 fully saturated rings. The third-order valence-corrected chi connectivity index (χ3v) is 1.25. The molecule has 0 aromatic carbocycles. The Kier molecular flexibility index (Phi) is 2.10. The van der Waals surface area contributed by atoms with Crippen molar-refractivity contribution in [2.45, 2.75) is 6.92 Å². The van der Waals surface area contributed by atoms with Crippen LogP contribution in [-0.2, 0) is 4.74 Å². The van der Waals surface area contributed by atoms with Crippen molar-refractivity contribution in [3.63, 3.8) is 0 Å². The first kappa shape index (κ1) is 6.86. The van der Waals surface area contributed by atoms with Gasteiger partial charge in [0.05, 0.1) is 19.6 Å². The van der Waals surface area contributed by atoms with E-state index in [9.17, 15) is 0 Å². The van der Waals surface area contributed by atoms with Crippen LogP contribution in [-0.4, -0.2) is 17.3 Å². The van der Waals surface area contributed by atoms with Gasteiger partial charge in [-0.3, -0.25) is 5.10 Å². The van der Waals surface area contributed by atoms with Crippen LogP contribution in [0.25, 0.3) is 5.57 Å². The first-order chi connectivity index (χ1) is 4.84. The minimum absolute atomic E-state index is 1.06. The lowest BCUT2D eigenvalue weighted by molar-refractivity contribution is 0.339. The molecule has 3 heteroatoms. The lowest BCUT2D eigenvalue weighted by Crippen LogP contribution is -1.75. The average Bonchev–Trinajstić information content (AvgIpc) is 2.38. The molecule has 1 N–H and O–H groups in total. The van der Waals surface area contributed by atoms with E-state index in [1.165, 1.54) is 0 Å². The van der Waals surface area contributed by atoms with Crippen molar-refractivity contribution in [3.8, 4) is 0 Å². The molecule has 0 bridgehead atoms. The van der Waals surface area contributed by atoms with Crippen LogP contribution in [0.15, 0.2) is 18.7 Å². The SMILES string of the molecule is COC=C(C)c1cn[nH]c1. The van der Waals surface area contributed by atoms with Crippen LogP contribution in [0.4, 0.5) is 0 Å². The first-order valence-electron chi connectivity index (χ1n) is 3.03. The van der Waals surface area contributed by atoms with E-state index in [-0.39, 0.29) is 0 Å². The van der Waals surface area contributed by atoms with E-state index < -0.39 is 0 Å². The molecule has 0 radical (unpaired) electrons. The molecule has 0 aliphatic rings. The average molecular weight is 138 g/mol. The highest BCUT2D eigenvalue weighted by atomic mass is 16.5. The third kappa shape index (κ3) is 1.37. The van der Waals surface area contributed by atoms with Crippen molar-refractivity contribution in [2.24, 2.45) is 0 Å². The monoisotopic (exact) mass is 138 g/mol. The van der Waals surface area contributed by atoms with Gasteiger partial charge in [0.25, 0.3) is 0 Å². The third-order valence-electron chi connectivity index (χ3n) is 1.25. The summed E-state index contributed by atoms with van der Waals surface area (Å²) < 4.78 is 4.82. The Balaban J connectivity index is 2.77. The zero-order valence-corrected chi connectivity index (χ0v) is 6.09. The Labute approximate surface area is 59.7 Å². The summed E-state index contributed by atoms with van der Waals surface area (Å²) in [6.07, 6.45) is 5.26. The summed E-state index contributed by atoms with van der Waals surface area (Å²) in [4.78, 5) is 0. The second-order valence-electron chi connectivity index (χ2n) is 2.02. The molecule has 0 saturated heterocycles. The van der Waals surface area contributed by atoms with E-state index in [2.05, 4.69) is 10.2 Å². The maximum atomic E-state index is 4.82. The molecule has 0 aliphatic heterocycles. The van der Waals surface area contributed by atoms with Crippen molar-refractivity contribution in [3.05, 3.63) is 24.2 Å². The van der Waals surface area contributed by atoms with Crippen LogP contribution in [0.5, 0.6) is 0 Å². The molecule has 1 aromatic rings. The minimum Gasteiger partial charge on any atom is -0.504 e. The number of nitrogens with zero attached hydrogens (tertiary/aromatic N) is 1. The summed E-state index contributed by atoms with van der Waals surface area (Å²) in [7, 11) is 1.63. The Bertz CT molecular complexity index is 214. The fraction of sp³-hybridized carbons (Fsp3) is 0.286. The number of hydrogen-bond acceptors (Lipinski definition) is 2. The molecule has 0 unspecified atom stereocenters. The summed E-state index contributed by atoms with van der Waals surface area (Å²) >= 11 is 0. The number of allylic oxidation sites excluding steroid dienone is 1. The van der Waals surface area contributed by atoms with Crippen LogP contribution in [0.2, 0.25) is 0 Å². The fourth-order valence-electron chi connectivity index (χ4n) is 0.711. The van der Waals surface area contributed by atoms with Gasteiger partial charge in [-0.15, -0.1) is 0 Å². The van der Waals surface area contributed by atoms with Gasteiger partial charge >= 0.3 is 0 Å². The highest BCUT2D eigenvalue weighted by Gasteiger charge is 1.93. The van der Waals surface area contributed by atoms with Gasteiger partial charge in [-0.2, -0.15) is 5.10 Å². The molecular formula is C7H10N2O. The van der Waals surface area contributed by atoms with Crippen LogP contribution in [0.1, 0.15) is 12.5 Å². The van der Waals surface area contributed by atoms with Crippen molar-refractivity contribution >= 4 is 5.57 Å². The lowest BCUT2D eigenvalue weighted by Gasteiger charge is -1.93. The molecule has 1 rings (SSSR count). The first-order valence-corrected chi connectivity index (χ1v) is 3.03. The Hall–Kier alpha value is -1.25. The van der Waals surface area contributed by atoms with Crippen LogP contribution >= 0.6 is 0 Å². The standard InChI is InChI=1S/C7H10N2O/c1-6(5-10-2)7-3-8-9-4-7/h3-5H,1-2H3,(H,8,9). The normalized spacial score (nSPS) is 11.6. The van der Waals surface area contributed by atoms with Crippen molar-refractivity contribution in [1.29, 1.82) is 0 Å². The zero-order chi connectivity index (χ0) is 7.40. The van der Waals surface area contributed by atoms with E-state index in [1.807, 2.05) is 13.1 Å². The lowest BCUT2D eigenvalue weighted by atomic mass is 10.2. The van der Waals surface area contributed by atoms with Gasteiger partial charge in [-0.25, -0.2) is 0 Å². The minimum atomic E-state index is 1.06. The maximum Gasteiger partial charge on any atom is 0.0860 e. The van der Waals surface area contributed by atoms with E-state index in [0.717, 1.165) is 11.1 Å². The van der Waals surface area contributed by atoms with Gasteiger partial charge in [0.15, 0.2) is 0 Å². The van der Waals surface area contributed by atoms with Crippen LogP contribution in [0.3, 0.4) is 0 Å². The van der Waals surface area contributed by atoms with Gasteiger partial charge in [-0.05, 0) is 12.5 Å². The highest BCUT2D eigenvalue weighted by Crippen LogP contribution is 2.09. The number of ether oxygens (including phenoxy) is 1. The number of aromatic nitrogens is 2. The van der Waals surface area contributed by atoms with E-state index in [4.69, 9.17) is 4.74 Å². The van der Waals surface area contributed by atoms with Crippen molar-refractivity contribution < 1.29 is 4.74 Å². The molecule has 0 atom stereocenters. The molecule has 0 amide bonds. The molecule has 54 valence electrons. The van der Waals surface area contributed by atoms with Gasteiger partial charge < -0.3 is 4.74 Å². The number of hydrogen-bond donors (Lipinski definition) is 1. The molecule has 0 saturated carbocycles. The maximum absolute atomic E-state index is 4.82. The van der Waals surface area contributed by atoms with Gasteiger partial charge in [0, 0.05) is 11.8 Å². The molecule has 0 aliphatic carbocycles. The van der Waals surface area contributed by atoms with E-state index >= 15 is 0 Å². The second kappa shape index (κ2) is 3.06. The number of H-pyrrole nitrogens is 1. The van der Waals surface area contributed by atoms with E-state index in [1.54, 1.807) is 19.6 Å². The molecular weight excluding hydrogens is 128 g/mol. The van der Waals surface area contributed by atoms with Crippen LogP contribution < -0.4 is 0 Å². The van der Waals surface area contributed by atoms with Gasteiger partial charge in [-0.1, -0.05) is 0 Å². The van der Waals surface area contributed by atoms with E-state index in [0.29, 0.717) is 0 Å². The smallest absolute Gasteiger partial charge is 0.0860 e. The molecule has 0 spiro atoms. The Morgan fingerprint density at radius 1 is 1.80 bits per heavy atom. The molecule has 3 nitrogen and oxygen atoms in total. The quantitative estimate of drug-likeness (QED) is 0.627. The molecule has 1 heterocycles. The topological polar surface area (TPSA) is 37.9 Å². The van der Waals surface area contributed by atoms with Crippen molar-refractivity contribution in [2.75, 3.05) is 7.11 Å². The Morgan fingerprint density at radius 2 is 2.60 bits per heavy atom. The predicted molar refractivity (Wildman–Crippen MR) is 39.2 cm³/mol. The molecule has 10 heavy (non-hydrogen) atoms.